The van der Waals surface area contributed by atoms with Gasteiger partial charge in [-0.2, -0.15) is 4.68 Å². The number of benzene rings is 1. The fourth-order valence-electron chi connectivity index (χ4n) is 4.60. The number of nitrogens with zero attached hydrogens (tertiary/aromatic N) is 3. The van der Waals surface area contributed by atoms with Gasteiger partial charge in [0, 0.05) is 19.0 Å². The van der Waals surface area contributed by atoms with Crippen LogP contribution in [0.4, 0.5) is 0 Å². The molecule has 6 nitrogen and oxygen atoms in total. The van der Waals surface area contributed by atoms with Gasteiger partial charge >= 0.3 is 5.69 Å². The standard InChI is InChI=1S/C21H30N4O2/c1-27-19-11-9-18(10-12-19)25-21(26)22-20(23-25)17-8-5-13-24(15-17)14-16-6-3-2-4-7-16/h9-12,16-17H,2-8,13-15H2,1H3,(H,22,23,26)/t17-/m1/s1. The van der Waals surface area contributed by atoms with Gasteiger partial charge in [-0.05, 0) is 62.4 Å². The number of hydrogen-bond acceptors (Lipinski definition) is 4. The van der Waals surface area contributed by atoms with Crippen LogP contribution < -0.4 is 10.4 Å². The molecule has 0 amide bonds. The van der Waals surface area contributed by atoms with Crippen molar-refractivity contribution in [3.05, 3.63) is 40.6 Å². The molecule has 2 aliphatic rings. The van der Waals surface area contributed by atoms with E-state index in [9.17, 15) is 4.79 Å². The molecule has 6 heteroatoms. The summed E-state index contributed by atoms with van der Waals surface area (Å²) in [6.45, 7) is 3.39. The lowest BCUT2D eigenvalue weighted by molar-refractivity contribution is 0.158. The quantitative estimate of drug-likeness (QED) is 0.877. The first-order valence-electron chi connectivity index (χ1n) is 10.3. The average Bonchev–Trinajstić information content (AvgIpc) is 3.11. The Kier molecular flexibility index (Phi) is 5.62. The summed E-state index contributed by atoms with van der Waals surface area (Å²) in [6, 6.07) is 7.42. The van der Waals surface area contributed by atoms with Crippen LogP contribution in [0.25, 0.3) is 5.69 Å². The second kappa shape index (κ2) is 8.30. The second-order valence-electron chi connectivity index (χ2n) is 8.03. The number of nitrogens with one attached hydrogen (secondary N) is 1. The van der Waals surface area contributed by atoms with Crippen molar-refractivity contribution in [2.24, 2.45) is 5.92 Å². The molecule has 146 valence electrons. The van der Waals surface area contributed by atoms with Crippen LogP contribution in [0.3, 0.4) is 0 Å². The van der Waals surface area contributed by atoms with Crippen LogP contribution in [-0.4, -0.2) is 46.4 Å². The van der Waals surface area contributed by atoms with E-state index < -0.39 is 0 Å². The normalized spacial score (nSPS) is 22.0. The first kappa shape index (κ1) is 18.3. The maximum atomic E-state index is 12.4. The zero-order valence-corrected chi connectivity index (χ0v) is 16.2. The first-order chi connectivity index (χ1) is 13.2. The van der Waals surface area contributed by atoms with Crippen molar-refractivity contribution in [1.29, 1.82) is 0 Å². The van der Waals surface area contributed by atoms with Gasteiger partial charge in [0.25, 0.3) is 0 Å². The fourth-order valence-corrected chi connectivity index (χ4v) is 4.60. The summed E-state index contributed by atoms with van der Waals surface area (Å²) in [5, 5.41) is 4.62. The van der Waals surface area contributed by atoms with Crippen molar-refractivity contribution in [2.45, 2.75) is 50.9 Å². The van der Waals surface area contributed by atoms with Gasteiger partial charge in [0.05, 0.1) is 12.8 Å². The van der Waals surface area contributed by atoms with Crippen LogP contribution in [-0.2, 0) is 0 Å². The lowest BCUT2D eigenvalue weighted by Gasteiger charge is -2.35. The van der Waals surface area contributed by atoms with Gasteiger partial charge in [0.1, 0.15) is 11.6 Å². The molecular weight excluding hydrogens is 340 g/mol. The van der Waals surface area contributed by atoms with E-state index >= 15 is 0 Å². The molecular formula is C21H30N4O2. The molecule has 0 unspecified atom stereocenters. The molecule has 4 rings (SSSR count). The lowest BCUT2D eigenvalue weighted by atomic mass is 9.88. The van der Waals surface area contributed by atoms with Gasteiger partial charge in [-0.3, -0.25) is 4.98 Å². The summed E-state index contributed by atoms with van der Waals surface area (Å²) in [7, 11) is 1.63. The molecule has 0 radical (unpaired) electrons. The molecule has 2 heterocycles. The molecule has 27 heavy (non-hydrogen) atoms. The lowest BCUT2D eigenvalue weighted by Crippen LogP contribution is -2.38. The third kappa shape index (κ3) is 4.26. The average molecular weight is 370 g/mol. The van der Waals surface area contributed by atoms with E-state index in [4.69, 9.17) is 4.74 Å². The maximum Gasteiger partial charge on any atom is 0.348 e. The van der Waals surface area contributed by atoms with E-state index in [1.807, 2.05) is 24.3 Å². The monoisotopic (exact) mass is 370 g/mol. The zero-order valence-electron chi connectivity index (χ0n) is 16.2. The van der Waals surface area contributed by atoms with Crippen molar-refractivity contribution in [2.75, 3.05) is 26.7 Å². The molecule has 0 bridgehead atoms. The highest BCUT2D eigenvalue weighted by Gasteiger charge is 2.26. The second-order valence-corrected chi connectivity index (χ2v) is 8.03. The van der Waals surface area contributed by atoms with Gasteiger partial charge < -0.3 is 9.64 Å². The summed E-state index contributed by atoms with van der Waals surface area (Å²) >= 11 is 0. The van der Waals surface area contributed by atoms with Crippen LogP contribution in [0.2, 0.25) is 0 Å². The molecule has 2 aromatic rings. The van der Waals surface area contributed by atoms with Crippen molar-refractivity contribution in [3.63, 3.8) is 0 Å². The Balaban J connectivity index is 1.45. The number of piperidine rings is 1. The molecule has 1 aliphatic heterocycles. The summed E-state index contributed by atoms with van der Waals surface area (Å²) in [5.41, 5.74) is 0.595. The molecule has 1 aliphatic carbocycles. The van der Waals surface area contributed by atoms with E-state index in [0.717, 1.165) is 36.1 Å². The highest BCUT2D eigenvalue weighted by molar-refractivity contribution is 5.36. The molecule has 1 saturated heterocycles. The Morgan fingerprint density at radius 1 is 1.11 bits per heavy atom. The minimum atomic E-state index is -0.167. The maximum absolute atomic E-state index is 12.4. The third-order valence-corrected chi connectivity index (χ3v) is 6.09. The fraction of sp³-hybridized carbons (Fsp3) is 0.619. The Morgan fingerprint density at radius 3 is 2.63 bits per heavy atom. The van der Waals surface area contributed by atoms with E-state index in [0.29, 0.717) is 5.92 Å². The molecule has 1 saturated carbocycles. The van der Waals surface area contributed by atoms with Gasteiger partial charge in [0.2, 0.25) is 0 Å². The first-order valence-corrected chi connectivity index (χ1v) is 10.3. The third-order valence-electron chi connectivity index (χ3n) is 6.09. The summed E-state index contributed by atoms with van der Waals surface area (Å²) in [6.07, 6.45) is 9.21. The van der Waals surface area contributed by atoms with Crippen molar-refractivity contribution in [1.82, 2.24) is 19.7 Å². The van der Waals surface area contributed by atoms with Crippen LogP contribution >= 0.6 is 0 Å². The minimum absolute atomic E-state index is 0.167. The number of aromatic amines is 1. The van der Waals surface area contributed by atoms with Crippen molar-refractivity contribution >= 4 is 0 Å². The van der Waals surface area contributed by atoms with Crippen molar-refractivity contribution < 1.29 is 4.74 Å². The summed E-state index contributed by atoms with van der Waals surface area (Å²) in [4.78, 5) is 18.0. The predicted molar refractivity (Wildman–Crippen MR) is 106 cm³/mol. The topological polar surface area (TPSA) is 63.1 Å². The molecule has 1 aromatic carbocycles. The van der Waals surface area contributed by atoms with Crippen molar-refractivity contribution in [3.8, 4) is 11.4 Å². The number of ether oxygens (including phenoxy) is 1. The predicted octanol–water partition coefficient (Wildman–Crippen LogP) is 3.33. The van der Waals surface area contributed by atoms with Crippen LogP contribution in [0, 0.1) is 5.92 Å². The molecule has 2 fully saturated rings. The highest BCUT2D eigenvalue weighted by Crippen LogP contribution is 2.29. The zero-order chi connectivity index (χ0) is 18.6. The number of hydrogen-bond donors (Lipinski definition) is 1. The van der Waals surface area contributed by atoms with Gasteiger partial charge in [-0.15, -0.1) is 5.10 Å². The minimum Gasteiger partial charge on any atom is -0.497 e. The molecule has 1 N–H and O–H groups in total. The van der Waals surface area contributed by atoms with E-state index in [1.165, 1.54) is 56.3 Å². The molecule has 1 aromatic heterocycles. The Labute approximate surface area is 160 Å². The number of H-pyrrole nitrogens is 1. The summed E-state index contributed by atoms with van der Waals surface area (Å²) < 4.78 is 6.66. The number of rotatable bonds is 5. The molecule has 1 atom stereocenters. The number of likely N-dealkylation sites (tertiary alicyclic amines) is 1. The number of aromatic nitrogens is 3. The number of methoxy groups -OCH3 is 1. The Bertz CT molecular complexity index is 789. The van der Waals surface area contributed by atoms with E-state index in [1.54, 1.807) is 7.11 Å². The largest absolute Gasteiger partial charge is 0.497 e. The summed E-state index contributed by atoms with van der Waals surface area (Å²) in [5.74, 6) is 2.76. The van der Waals surface area contributed by atoms with Crippen LogP contribution in [0.15, 0.2) is 29.1 Å². The smallest absolute Gasteiger partial charge is 0.348 e. The molecule has 0 spiro atoms. The van der Waals surface area contributed by atoms with Gasteiger partial charge in [-0.25, -0.2) is 4.79 Å². The Morgan fingerprint density at radius 2 is 1.89 bits per heavy atom. The van der Waals surface area contributed by atoms with E-state index in [-0.39, 0.29) is 5.69 Å². The SMILES string of the molecule is COc1ccc(-n2nc([C@@H]3CCCN(CC4CCCCC4)C3)[nH]c2=O)cc1. The van der Waals surface area contributed by atoms with Gasteiger partial charge in [-0.1, -0.05) is 19.3 Å². The van der Waals surface area contributed by atoms with Gasteiger partial charge in [0.15, 0.2) is 0 Å². The van der Waals surface area contributed by atoms with Crippen LogP contribution in [0.1, 0.15) is 56.7 Å². The highest BCUT2D eigenvalue weighted by atomic mass is 16.5. The Hall–Kier alpha value is -2.08. The van der Waals surface area contributed by atoms with E-state index in [2.05, 4.69) is 15.0 Å². The van der Waals surface area contributed by atoms with Crippen LogP contribution in [0.5, 0.6) is 5.75 Å².